The minimum Gasteiger partial charge on any atom is -0.451 e. The van der Waals surface area contributed by atoms with Crippen molar-refractivity contribution in [3.63, 3.8) is 0 Å². The van der Waals surface area contributed by atoms with Gasteiger partial charge in [-0.25, -0.2) is 0 Å². The monoisotopic (exact) mass is 335 g/mol. The number of aryl methyl sites for hydroxylation is 1. The van der Waals surface area contributed by atoms with Gasteiger partial charge in [-0.2, -0.15) is 0 Å². The van der Waals surface area contributed by atoms with Crippen molar-refractivity contribution in [1.82, 2.24) is 14.8 Å². The third kappa shape index (κ3) is 3.28. The van der Waals surface area contributed by atoms with E-state index in [0.29, 0.717) is 18.8 Å². The quantitative estimate of drug-likeness (QED) is 0.738. The van der Waals surface area contributed by atoms with Crippen LogP contribution in [0.5, 0.6) is 0 Å². The lowest BCUT2D eigenvalue weighted by molar-refractivity contribution is 0.0598. The largest absolute Gasteiger partial charge is 0.451 e. The Morgan fingerprint density at radius 3 is 2.68 bits per heavy atom. The molecule has 1 amide bonds. The van der Waals surface area contributed by atoms with Gasteiger partial charge in [0.25, 0.3) is 5.91 Å². The lowest BCUT2D eigenvalue weighted by Gasteiger charge is -2.34. The number of carbonyl (C=O) groups excluding carboxylic acids is 1. The molecule has 25 heavy (non-hydrogen) atoms. The van der Waals surface area contributed by atoms with Gasteiger partial charge in [0.2, 0.25) is 0 Å². The molecule has 0 radical (unpaired) electrons. The van der Waals surface area contributed by atoms with E-state index in [9.17, 15) is 4.79 Å². The molecule has 0 saturated carbocycles. The van der Waals surface area contributed by atoms with Gasteiger partial charge >= 0.3 is 0 Å². The van der Waals surface area contributed by atoms with Gasteiger partial charge in [0.05, 0.1) is 5.69 Å². The fraction of sp³-hybridized carbons (Fsp3) is 0.300. The van der Waals surface area contributed by atoms with Crippen molar-refractivity contribution in [3.05, 3.63) is 65.7 Å². The number of nitrogens with zero attached hydrogens (tertiary/aromatic N) is 3. The second-order valence-corrected chi connectivity index (χ2v) is 6.48. The summed E-state index contributed by atoms with van der Waals surface area (Å²) in [6, 6.07) is 13.6. The number of carbonyl (C=O) groups is 1. The number of hydrogen-bond acceptors (Lipinski definition) is 4. The number of aromatic nitrogens is 1. The maximum atomic E-state index is 12.7. The Morgan fingerprint density at radius 1 is 1.12 bits per heavy atom. The van der Waals surface area contributed by atoms with Crippen molar-refractivity contribution in [1.29, 1.82) is 0 Å². The van der Waals surface area contributed by atoms with E-state index >= 15 is 0 Å². The fourth-order valence-electron chi connectivity index (χ4n) is 3.25. The third-order valence-electron chi connectivity index (χ3n) is 4.79. The van der Waals surface area contributed by atoms with Crippen LogP contribution < -0.4 is 0 Å². The molecule has 0 N–H and O–H groups in total. The summed E-state index contributed by atoms with van der Waals surface area (Å²) < 4.78 is 5.71. The number of furan rings is 1. The highest BCUT2D eigenvalue weighted by Crippen LogP contribution is 2.21. The molecule has 5 heteroatoms. The second-order valence-electron chi connectivity index (χ2n) is 6.48. The zero-order valence-corrected chi connectivity index (χ0v) is 14.3. The maximum Gasteiger partial charge on any atom is 0.289 e. The molecule has 0 aliphatic carbocycles. The van der Waals surface area contributed by atoms with Crippen LogP contribution in [0.1, 0.15) is 21.8 Å². The molecular weight excluding hydrogens is 314 g/mol. The Hall–Kier alpha value is -2.66. The smallest absolute Gasteiger partial charge is 0.289 e. The average molecular weight is 335 g/mol. The lowest BCUT2D eigenvalue weighted by atomic mass is 10.2. The predicted octanol–water partition coefficient (Wildman–Crippen LogP) is 3.09. The van der Waals surface area contributed by atoms with Crippen molar-refractivity contribution in [3.8, 4) is 0 Å². The van der Waals surface area contributed by atoms with Gasteiger partial charge in [0.1, 0.15) is 5.58 Å². The third-order valence-corrected chi connectivity index (χ3v) is 4.79. The summed E-state index contributed by atoms with van der Waals surface area (Å²) in [4.78, 5) is 21.4. The highest BCUT2D eigenvalue weighted by molar-refractivity contribution is 5.96. The van der Waals surface area contributed by atoms with Crippen LogP contribution in [-0.2, 0) is 6.54 Å². The van der Waals surface area contributed by atoms with Crippen molar-refractivity contribution in [2.24, 2.45) is 0 Å². The van der Waals surface area contributed by atoms with Crippen molar-refractivity contribution in [2.45, 2.75) is 13.5 Å². The molecule has 1 aliphatic rings. The van der Waals surface area contributed by atoms with E-state index in [1.54, 1.807) is 0 Å². The summed E-state index contributed by atoms with van der Waals surface area (Å²) in [6.45, 7) is 6.04. The zero-order chi connectivity index (χ0) is 17.2. The van der Waals surface area contributed by atoms with Gasteiger partial charge in [0, 0.05) is 44.3 Å². The summed E-state index contributed by atoms with van der Waals surface area (Å²) in [6.07, 6.45) is 1.84. The van der Waals surface area contributed by atoms with Crippen LogP contribution in [0.2, 0.25) is 0 Å². The molecule has 1 aliphatic heterocycles. The Morgan fingerprint density at radius 2 is 1.92 bits per heavy atom. The molecule has 0 bridgehead atoms. The second kappa shape index (κ2) is 6.69. The minimum absolute atomic E-state index is 0.0233. The number of piperazine rings is 1. The van der Waals surface area contributed by atoms with Crippen molar-refractivity contribution < 1.29 is 9.21 Å². The van der Waals surface area contributed by atoms with Gasteiger partial charge in [-0.05, 0) is 30.7 Å². The van der Waals surface area contributed by atoms with Crippen molar-refractivity contribution >= 4 is 16.9 Å². The Bertz CT molecular complexity index is 862. The molecule has 0 atom stereocenters. The van der Waals surface area contributed by atoms with Crippen LogP contribution in [0.4, 0.5) is 0 Å². The predicted molar refractivity (Wildman–Crippen MR) is 96.4 cm³/mol. The number of benzene rings is 1. The van der Waals surface area contributed by atoms with Gasteiger partial charge in [-0.15, -0.1) is 0 Å². The number of fused-ring (bicyclic) bond motifs is 1. The minimum atomic E-state index is -0.0233. The first kappa shape index (κ1) is 15.8. The number of hydrogen-bond donors (Lipinski definition) is 0. The molecule has 1 aromatic carbocycles. The zero-order valence-electron chi connectivity index (χ0n) is 14.3. The highest BCUT2D eigenvalue weighted by atomic mass is 16.3. The molecule has 0 unspecified atom stereocenters. The summed E-state index contributed by atoms with van der Waals surface area (Å²) in [5.41, 5.74) is 3.08. The van der Waals surface area contributed by atoms with Crippen LogP contribution in [0.3, 0.4) is 0 Å². The molecule has 2 aromatic heterocycles. The molecule has 1 saturated heterocycles. The van der Waals surface area contributed by atoms with Gasteiger partial charge in [0.15, 0.2) is 5.76 Å². The summed E-state index contributed by atoms with van der Waals surface area (Å²) >= 11 is 0. The first-order valence-electron chi connectivity index (χ1n) is 8.61. The molecule has 3 aromatic rings. The van der Waals surface area contributed by atoms with Crippen LogP contribution in [0.25, 0.3) is 11.0 Å². The van der Waals surface area contributed by atoms with E-state index in [1.807, 2.05) is 47.5 Å². The van der Waals surface area contributed by atoms with Crippen LogP contribution in [0, 0.1) is 6.92 Å². The first-order valence-corrected chi connectivity index (χ1v) is 8.61. The molecule has 0 spiro atoms. The highest BCUT2D eigenvalue weighted by Gasteiger charge is 2.24. The van der Waals surface area contributed by atoms with E-state index in [0.717, 1.165) is 36.3 Å². The summed E-state index contributed by atoms with van der Waals surface area (Å²) in [7, 11) is 0. The summed E-state index contributed by atoms with van der Waals surface area (Å²) in [5, 5.41) is 0.968. The number of amides is 1. The fourth-order valence-corrected chi connectivity index (χ4v) is 3.25. The molecule has 3 heterocycles. The van der Waals surface area contributed by atoms with E-state index in [-0.39, 0.29) is 5.91 Å². The van der Waals surface area contributed by atoms with Gasteiger partial charge in [-0.3, -0.25) is 14.7 Å². The number of pyridine rings is 1. The van der Waals surface area contributed by atoms with Crippen LogP contribution >= 0.6 is 0 Å². The normalized spacial score (nSPS) is 15.6. The standard InChI is InChI=1S/C20H21N3O2/c1-15-5-4-8-21-17(15)14-22-9-11-23(12-10-22)20(24)19-13-16-6-2-3-7-18(16)25-19/h2-8,13H,9-12,14H2,1H3. The number of para-hydroxylation sites is 1. The Kier molecular flexibility index (Phi) is 4.24. The Balaban J connectivity index is 1.39. The van der Waals surface area contributed by atoms with E-state index < -0.39 is 0 Å². The van der Waals surface area contributed by atoms with Crippen LogP contribution in [-0.4, -0.2) is 46.9 Å². The molecule has 128 valence electrons. The summed E-state index contributed by atoms with van der Waals surface area (Å²) in [5.74, 6) is 0.403. The molecule has 5 nitrogen and oxygen atoms in total. The lowest BCUT2D eigenvalue weighted by Crippen LogP contribution is -2.48. The number of rotatable bonds is 3. The molecular formula is C20H21N3O2. The van der Waals surface area contributed by atoms with Crippen molar-refractivity contribution in [2.75, 3.05) is 26.2 Å². The van der Waals surface area contributed by atoms with Gasteiger partial charge < -0.3 is 9.32 Å². The van der Waals surface area contributed by atoms with Gasteiger partial charge in [-0.1, -0.05) is 24.3 Å². The topological polar surface area (TPSA) is 49.6 Å². The van der Waals surface area contributed by atoms with Crippen LogP contribution in [0.15, 0.2) is 53.1 Å². The first-order chi connectivity index (χ1) is 12.2. The van der Waals surface area contributed by atoms with E-state index in [4.69, 9.17) is 4.42 Å². The van der Waals surface area contributed by atoms with E-state index in [1.165, 1.54) is 5.56 Å². The maximum absolute atomic E-state index is 12.7. The Labute approximate surface area is 146 Å². The molecule has 4 rings (SSSR count). The average Bonchev–Trinajstić information content (AvgIpc) is 3.08. The van der Waals surface area contributed by atoms with E-state index in [2.05, 4.69) is 22.9 Å². The molecule has 1 fully saturated rings. The SMILES string of the molecule is Cc1cccnc1CN1CCN(C(=O)c2cc3ccccc3o2)CC1.